The number of aryl methyl sites for hydroxylation is 1. The lowest BCUT2D eigenvalue weighted by Crippen LogP contribution is -2.28. The maximum absolute atomic E-state index is 12.4. The van der Waals surface area contributed by atoms with Crippen LogP contribution in [0, 0.1) is 5.92 Å². The molecule has 0 aliphatic carbocycles. The van der Waals surface area contributed by atoms with Crippen LogP contribution in [0.5, 0.6) is 0 Å². The Kier molecular flexibility index (Phi) is 7.25. The number of aliphatic carboxylic acids is 1. The Bertz CT molecular complexity index is 940. The van der Waals surface area contributed by atoms with Crippen molar-refractivity contribution in [3.8, 4) is 0 Å². The first-order valence-electron chi connectivity index (χ1n) is 11.7. The Labute approximate surface area is 188 Å². The van der Waals surface area contributed by atoms with E-state index in [0.29, 0.717) is 24.6 Å². The van der Waals surface area contributed by atoms with Gasteiger partial charge in [0.25, 0.3) is 5.91 Å². The van der Waals surface area contributed by atoms with Gasteiger partial charge in [0, 0.05) is 18.9 Å². The number of ether oxygens (including phenoxy) is 1. The van der Waals surface area contributed by atoms with Gasteiger partial charge in [0.2, 0.25) is 5.89 Å². The van der Waals surface area contributed by atoms with Crippen LogP contribution in [0.15, 0.2) is 34.9 Å². The number of carboxylic acid groups (broad SMARTS) is 1. The summed E-state index contributed by atoms with van der Waals surface area (Å²) in [6.45, 7) is 2.77. The van der Waals surface area contributed by atoms with Crippen molar-refractivity contribution in [2.24, 2.45) is 5.92 Å². The third-order valence-electron chi connectivity index (χ3n) is 6.71. The minimum absolute atomic E-state index is 0.00270. The lowest BCUT2D eigenvalue weighted by molar-refractivity contribution is -0.136. The second-order valence-electron chi connectivity index (χ2n) is 8.88. The van der Waals surface area contributed by atoms with Crippen LogP contribution in [0.2, 0.25) is 0 Å². The van der Waals surface area contributed by atoms with Gasteiger partial charge in [-0.3, -0.25) is 9.59 Å². The predicted octanol–water partition coefficient (Wildman–Crippen LogP) is 4.12. The number of nitrogens with zero attached hydrogens (tertiary/aromatic N) is 1. The third kappa shape index (κ3) is 5.04. The normalized spacial score (nSPS) is 24.0. The number of carboxylic acids is 1. The molecule has 1 amide bonds. The molecule has 2 fully saturated rings. The summed E-state index contributed by atoms with van der Waals surface area (Å²) < 4.78 is 12.0. The van der Waals surface area contributed by atoms with Crippen molar-refractivity contribution in [1.82, 2.24) is 10.3 Å². The fourth-order valence-corrected chi connectivity index (χ4v) is 5.08. The topological polar surface area (TPSA) is 102 Å². The summed E-state index contributed by atoms with van der Waals surface area (Å²) in [4.78, 5) is 28.0. The lowest BCUT2D eigenvalue weighted by Gasteiger charge is -2.26. The fourth-order valence-electron chi connectivity index (χ4n) is 5.08. The highest BCUT2D eigenvalue weighted by Crippen LogP contribution is 2.49. The number of hydrogen-bond acceptors (Lipinski definition) is 5. The Morgan fingerprint density at radius 2 is 1.94 bits per heavy atom. The van der Waals surface area contributed by atoms with Crippen LogP contribution in [-0.4, -0.2) is 40.7 Å². The fraction of sp³-hybridized carbons (Fsp3) is 0.560. The quantitative estimate of drug-likeness (QED) is 0.510. The molecule has 2 aliphatic heterocycles. The van der Waals surface area contributed by atoms with Crippen molar-refractivity contribution in [2.45, 2.75) is 76.4 Å². The van der Waals surface area contributed by atoms with Gasteiger partial charge in [-0.1, -0.05) is 44.0 Å². The number of carbonyl (C=O) groups is 2. The van der Waals surface area contributed by atoms with Crippen LogP contribution in [0.25, 0.3) is 0 Å². The van der Waals surface area contributed by atoms with Crippen LogP contribution in [0.1, 0.15) is 78.9 Å². The number of amides is 1. The minimum atomic E-state index is -0.791. The molecule has 172 valence electrons. The number of unbranched alkanes of at least 4 members (excludes halogenated alkanes) is 2. The molecule has 3 heterocycles. The molecular formula is C25H32N2O5. The summed E-state index contributed by atoms with van der Waals surface area (Å²) in [5.41, 5.74) is 2.54. The number of rotatable bonds is 11. The Morgan fingerprint density at radius 3 is 2.72 bits per heavy atom. The van der Waals surface area contributed by atoms with E-state index in [1.807, 2.05) is 18.2 Å². The van der Waals surface area contributed by atoms with Crippen LogP contribution in [-0.2, 0) is 22.4 Å². The first kappa shape index (κ1) is 22.5. The zero-order valence-corrected chi connectivity index (χ0v) is 18.6. The maximum Gasteiger partial charge on any atom is 0.303 e. The second-order valence-corrected chi connectivity index (χ2v) is 8.88. The van der Waals surface area contributed by atoms with Gasteiger partial charge in [0.05, 0.1) is 18.1 Å². The van der Waals surface area contributed by atoms with Crippen molar-refractivity contribution < 1.29 is 23.8 Å². The smallest absolute Gasteiger partial charge is 0.303 e. The average molecular weight is 441 g/mol. The molecule has 1 aromatic heterocycles. The maximum atomic E-state index is 12.4. The molecular weight excluding hydrogens is 408 g/mol. The molecule has 7 nitrogen and oxygen atoms in total. The zero-order chi connectivity index (χ0) is 22.5. The second kappa shape index (κ2) is 10.3. The summed E-state index contributed by atoms with van der Waals surface area (Å²) in [6, 6.07) is 8.03. The van der Waals surface area contributed by atoms with E-state index >= 15 is 0 Å². The Hall–Kier alpha value is -2.67. The van der Waals surface area contributed by atoms with Crippen LogP contribution >= 0.6 is 0 Å². The largest absolute Gasteiger partial charge is 0.481 e. The summed E-state index contributed by atoms with van der Waals surface area (Å²) in [6.07, 6.45) is 8.17. The van der Waals surface area contributed by atoms with E-state index in [1.54, 1.807) is 0 Å². The number of benzene rings is 1. The summed E-state index contributed by atoms with van der Waals surface area (Å²) >= 11 is 0. The van der Waals surface area contributed by atoms with E-state index in [0.717, 1.165) is 49.7 Å². The summed E-state index contributed by atoms with van der Waals surface area (Å²) in [5.74, 6) is -0.220. The van der Waals surface area contributed by atoms with Gasteiger partial charge in [-0.2, -0.15) is 0 Å². The van der Waals surface area contributed by atoms with Gasteiger partial charge >= 0.3 is 5.97 Å². The highest BCUT2D eigenvalue weighted by Gasteiger charge is 2.51. The standard InChI is InChI=1S/C25H32N2O5/c1-2-3-6-13-26-24(30)19-15-31-25(27-19)23-18(20-10-11-21(23)32-20)14-17-8-5-4-7-16(17)9-12-22(28)29/h4-5,7-8,15,18,20-21,23H,2-3,6,9-14H2,1H3,(H,26,30)(H,28,29)/t18-,20+,21-,23+/m1/s1. The van der Waals surface area contributed by atoms with Crippen molar-refractivity contribution in [2.75, 3.05) is 6.54 Å². The predicted molar refractivity (Wildman–Crippen MR) is 119 cm³/mol. The zero-order valence-electron chi connectivity index (χ0n) is 18.6. The van der Waals surface area contributed by atoms with Crippen molar-refractivity contribution in [3.63, 3.8) is 0 Å². The molecule has 2 saturated heterocycles. The van der Waals surface area contributed by atoms with E-state index in [4.69, 9.17) is 14.3 Å². The molecule has 2 aliphatic rings. The monoisotopic (exact) mass is 440 g/mol. The van der Waals surface area contributed by atoms with Crippen molar-refractivity contribution in [1.29, 1.82) is 0 Å². The number of aromatic nitrogens is 1. The molecule has 0 radical (unpaired) electrons. The van der Waals surface area contributed by atoms with Gasteiger partial charge in [-0.25, -0.2) is 4.98 Å². The average Bonchev–Trinajstić information content (AvgIpc) is 3.52. The molecule has 4 atom stereocenters. The van der Waals surface area contributed by atoms with Gasteiger partial charge in [-0.05, 0) is 43.2 Å². The van der Waals surface area contributed by atoms with Gasteiger partial charge in [0.1, 0.15) is 6.26 Å². The molecule has 0 spiro atoms. The van der Waals surface area contributed by atoms with E-state index in [1.165, 1.54) is 6.26 Å². The number of carbonyl (C=O) groups excluding carboxylic acids is 1. The lowest BCUT2D eigenvalue weighted by atomic mass is 9.75. The molecule has 2 aromatic rings. The first-order valence-corrected chi connectivity index (χ1v) is 11.7. The minimum Gasteiger partial charge on any atom is -0.481 e. The number of hydrogen-bond donors (Lipinski definition) is 2. The SMILES string of the molecule is CCCCCNC(=O)c1coc([C@H]2[C@H](Cc3ccccc3CCC(=O)O)[C@@H]3CC[C@H]2O3)n1. The third-order valence-corrected chi connectivity index (χ3v) is 6.71. The highest BCUT2D eigenvalue weighted by molar-refractivity contribution is 5.91. The van der Waals surface area contributed by atoms with E-state index in [2.05, 4.69) is 23.3 Å². The van der Waals surface area contributed by atoms with Crippen LogP contribution in [0.3, 0.4) is 0 Å². The molecule has 4 rings (SSSR count). The Morgan fingerprint density at radius 1 is 1.16 bits per heavy atom. The molecule has 2 N–H and O–H groups in total. The van der Waals surface area contributed by atoms with Crippen molar-refractivity contribution in [3.05, 3.63) is 53.2 Å². The number of nitrogens with one attached hydrogen (secondary N) is 1. The number of oxazole rings is 1. The number of fused-ring (bicyclic) bond motifs is 2. The van der Waals surface area contributed by atoms with E-state index in [9.17, 15) is 9.59 Å². The summed E-state index contributed by atoms with van der Waals surface area (Å²) in [5, 5.41) is 12.0. The molecule has 2 bridgehead atoms. The highest BCUT2D eigenvalue weighted by atomic mass is 16.5. The van der Waals surface area contributed by atoms with E-state index < -0.39 is 5.97 Å². The van der Waals surface area contributed by atoms with Gasteiger partial charge < -0.3 is 19.6 Å². The molecule has 0 unspecified atom stereocenters. The van der Waals surface area contributed by atoms with Crippen molar-refractivity contribution >= 4 is 11.9 Å². The molecule has 0 saturated carbocycles. The molecule has 7 heteroatoms. The van der Waals surface area contributed by atoms with Crippen LogP contribution in [0.4, 0.5) is 0 Å². The van der Waals surface area contributed by atoms with Gasteiger partial charge in [0.15, 0.2) is 5.69 Å². The molecule has 1 aromatic carbocycles. The summed E-state index contributed by atoms with van der Waals surface area (Å²) in [7, 11) is 0. The van der Waals surface area contributed by atoms with E-state index in [-0.39, 0.29) is 36.4 Å². The Balaban J connectivity index is 1.47. The van der Waals surface area contributed by atoms with Crippen LogP contribution < -0.4 is 5.32 Å². The molecule has 32 heavy (non-hydrogen) atoms. The first-order chi connectivity index (χ1) is 15.6. The van der Waals surface area contributed by atoms with Gasteiger partial charge in [-0.15, -0.1) is 0 Å².